The summed E-state index contributed by atoms with van der Waals surface area (Å²) in [5.41, 5.74) is 2.35. The number of hydrogen-bond acceptors (Lipinski definition) is 5. The van der Waals surface area contributed by atoms with E-state index in [1.807, 2.05) is 0 Å². The molecule has 1 atom stereocenters. The largest absolute Gasteiger partial charge is 0.476 e. The van der Waals surface area contributed by atoms with Crippen LogP contribution in [0.3, 0.4) is 0 Å². The summed E-state index contributed by atoms with van der Waals surface area (Å²) in [5.74, 6) is 6.34. The van der Waals surface area contributed by atoms with Gasteiger partial charge in [0.1, 0.15) is 5.02 Å². The highest BCUT2D eigenvalue weighted by Crippen LogP contribution is 2.22. The van der Waals surface area contributed by atoms with Gasteiger partial charge in [0, 0.05) is 0 Å². The SMILES string of the molecule is CCCC(C)COc1nc(NN)ncc1Cl. The van der Waals surface area contributed by atoms with Crippen molar-refractivity contribution in [3.8, 4) is 5.88 Å². The summed E-state index contributed by atoms with van der Waals surface area (Å²) in [6, 6.07) is 0. The van der Waals surface area contributed by atoms with Crippen LogP contribution < -0.4 is 16.0 Å². The number of ether oxygens (including phenoxy) is 1. The summed E-state index contributed by atoms with van der Waals surface area (Å²) in [6.45, 7) is 4.86. The van der Waals surface area contributed by atoms with Crippen LogP contribution in [0.25, 0.3) is 0 Å². The molecule has 1 aromatic heterocycles. The second kappa shape index (κ2) is 6.50. The molecule has 6 heteroatoms. The van der Waals surface area contributed by atoms with E-state index in [1.165, 1.54) is 6.20 Å². The Morgan fingerprint density at radius 1 is 1.62 bits per heavy atom. The maximum atomic E-state index is 5.90. The molecule has 1 aromatic rings. The van der Waals surface area contributed by atoms with Crippen LogP contribution in [-0.4, -0.2) is 16.6 Å². The number of hydrogen-bond donors (Lipinski definition) is 2. The number of nitrogens with two attached hydrogens (primary N) is 1. The van der Waals surface area contributed by atoms with E-state index in [0.717, 1.165) is 12.8 Å². The van der Waals surface area contributed by atoms with Crippen LogP contribution in [0.4, 0.5) is 5.95 Å². The normalized spacial score (nSPS) is 12.2. The van der Waals surface area contributed by atoms with Crippen LogP contribution in [0.5, 0.6) is 5.88 Å². The molecule has 0 aliphatic rings. The molecule has 1 rings (SSSR count). The van der Waals surface area contributed by atoms with Gasteiger partial charge in [0.15, 0.2) is 0 Å². The predicted octanol–water partition coefficient (Wildman–Crippen LogP) is 2.23. The maximum absolute atomic E-state index is 5.90. The molecule has 1 heterocycles. The highest BCUT2D eigenvalue weighted by atomic mass is 35.5. The lowest BCUT2D eigenvalue weighted by Gasteiger charge is -2.12. The van der Waals surface area contributed by atoms with Gasteiger partial charge in [0.05, 0.1) is 12.8 Å². The minimum atomic E-state index is 0.294. The van der Waals surface area contributed by atoms with E-state index in [0.29, 0.717) is 29.4 Å². The monoisotopic (exact) mass is 244 g/mol. The molecular formula is C10H17ClN4O. The van der Waals surface area contributed by atoms with Crippen molar-refractivity contribution in [2.45, 2.75) is 26.7 Å². The maximum Gasteiger partial charge on any atom is 0.240 e. The average Bonchev–Trinajstić information content (AvgIpc) is 2.28. The summed E-state index contributed by atoms with van der Waals surface area (Å²) in [7, 11) is 0. The first-order valence-electron chi connectivity index (χ1n) is 5.29. The first-order valence-corrected chi connectivity index (χ1v) is 5.67. The van der Waals surface area contributed by atoms with Crippen LogP contribution >= 0.6 is 11.6 Å². The lowest BCUT2D eigenvalue weighted by molar-refractivity contribution is 0.243. The van der Waals surface area contributed by atoms with Gasteiger partial charge < -0.3 is 4.74 Å². The van der Waals surface area contributed by atoms with Gasteiger partial charge in [0.25, 0.3) is 0 Å². The third-order valence-corrected chi connectivity index (χ3v) is 2.39. The predicted molar refractivity (Wildman–Crippen MR) is 64.4 cm³/mol. The van der Waals surface area contributed by atoms with Gasteiger partial charge in [-0.25, -0.2) is 10.8 Å². The van der Waals surface area contributed by atoms with Crippen LogP contribution in [0.15, 0.2) is 6.20 Å². The van der Waals surface area contributed by atoms with Gasteiger partial charge >= 0.3 is 0 Å². The summed E-state index contributed by atoms with van der Waals surface area (Å²) >= 11 is 5.90. The number of halogens is 1. The quantitative estimate of drug-likeness (QED) is 0.593. The molecule has 0 aliphatic carbocycles. The topological polar surface area (TPSA) is 73.1 Å². The van der Waals surface area contributed by atoms with E-state index < -0.39 is 0 Å². The zero-order valence-electron chi connectivity index (χ0n) is 9.53. The van der Waals surface area contributed by atoms with Crippen LogP contribution in [-0.2, 0) is 0 Å². The Labute approximate surface area is 100 Å². The highest BCUT2D eigenvalue weighted by molar-refractivity contribution is 6.31. The molecule has 0 radical (unpaired) electrons. The fourth-order valence-electron chi connectivity index (χ4n) is 1.32. The number of rotatable bonds is 6. The second-order valence-corrected chi connectivity index (χ2v) is 4.10. The van der Waals surface area contributed by atoms with Crippen LogP contribution in [0.2, 0.25) is 5.02 Å². The van der Waals surface area contributed by atoms with Gasteiger partial charge in [-0.15, -0.1) is 0 Å². The molecule has 0 fully saturated rings. The van der Waals surface area contributed by atoms with Crippen molar-refractivity contribution in [3.05, 3.63) is 11.2 Å². The molecule has 0 saturated carbocycles. The van der Waals surface area contributed by atoms with E-state index in [4.69, 9.17) is 22.2 Å². The zero-order valence-corrected chi connectivity index (χ0v) is 10.3. The Morgan fingerprint density at radius 2 is 2.38 bits per heavy atom. The van der Waals surface area contributed by atoms with Gasteiger partial charge in [-0.1, -0.05) is 31.9 Å². The van der Waals surface area contributed by atoms with Crippen LogP contribution in [0, 0.1) is 5.92 Å². The average molecular weight is 245 g/mol. The molecule has 0 saturated heterocycles. The van der Waals surface area contributed by atoms with Gasteiger partial charge in [-0.05, 0) is 12.3 Å². The Balaban J connectivity index is 2.58. The number of nitrogen functional groups attached to an aromatic ring is 1. The van der Waals surface area contributed by atoms with E-state index in [9.17, 15) is 0 Å². The third kappa shape index (κ3) is 3.83. The van der Waals surface area contributed by atoms with E-state index >= 15 is 0 Å². The summed E-state index contributed by atoms with van der Waals surface area (Å²) < 4.78 is 5.52. The molecule has 0 bridgehead atoms. The first-order chi connectivity index (χ1) is 7.67. The van der Waals surface area contributed by atoms with Crippen molar-refractivity contribution in [2.24, 2.45) is 11.8 Å². The third-order valence-electron chi connectivity index (χ3n) is 2.13. The Bertz CT molecular complexity index is 335. The lowest BCUT2D eigenvalue weighted by atomic mass is 10.1. The first kappa shape index (κ1) is 13.0. The molecule has 1 unspecified atom stereocenters. The van der Waals surface area contributed by atoms with Gasteiger partial charge in [-0.3, -0.25) is 5.43 Å². The Kier molecular flexibility index (Phi) is 5.28. The fraction of sp³-hybridized carbons (Fsp3) is 0.600. The number of aromatic nitrogens is 2. The van der Waals surface area contributed by atoms with Crippen molar-refractivity contribution in [3.63, 3.8) is 0 Å². The number of anilines is 1. The van der Waals surface area contributed by atoms with Gasteiger partial charge in [0.2, 0.25) is 11.8 Å². The highest BCUT2D eigenvalue weighted by Gasteiger charge is 2.08. The molecule has 3 N–H and O–H groups in total. The van der Waals surface area contributed by atoms with Crippen LogP contribution in [0.1, 0.15) is 26.7 Å². The van der Waals surface area contributed by atoms with Crippen molar-refractivity contribution in [1.82, 2.24) is 9.97 Å². The molecular weight excluding hydrogens is 228 g/mol. The Hall–Kier alpha value is -1.07. The molecule has 0 amide bonds. The number of hydrazine groups is 1. The molecule has 0 spiro atoms. The minimum Gasteiger partial charge on any atom is -0.476 e. The summed E-state index contributed by atoms with van der Waals surface area (Å²) in [5, 5.41) is 0.391. The van der Waals surface area contributed by atoms with E-state index in [2.05, 4.69) is 29.2 Å². The fourth-order valence-corrected chi connectivity index (χ4v) is 1.47. The van der Waals surface area contributed by atoms with E-state index in [1.54, 1.807) is 0 Å². The van der Waals surface area contributed by atoms with Crippen molar-refractivity contribution < 1.29 is 4.74 Å². The zero-order chi connectivity index (χ0) is 12.0. The molecule has 0 aromatic carbocycles. The second-order valence-electron chi connectivity index (χ2n) is 3.70. The summed E-state index contributed by atoms with van der Waals surface area (Å²) in [4.78, 5) is 7.88. The smallest absolute Gasteiger partial charge is 0.240 e. The lowest BCUT2D eigenvalue weighted by Crippen LogP contribution is -2.13. The Morgan fingerprint density at radius 3 is 3.00 bits per heavy atom. The van der Waals surface area contributed by atoms with Crippen molar-refractivity contribution in [2.75, 3.05) is 12.0 Å². The minimum absolute atomic E-state index is 0.294. The van der Waals surface area contributed by atoms with Gasteiger partial charge in [-0.2, -0.15) is 4.98 Å². The molecule has 90 valence electrons. The molecule has 5 nitrogen and oxygen atoms in total. The standard InChI is InChI=1S/C10H17ClN4O/c1-3-4-7(2)6-16-9-8(11)5-13-10(14-9)15-12/h5,7H,3-4,6,12H2,1-2H3,(H,13,14,15). The van der Waals surface area contributed by atoms with Crippen molar-refractivity contribution in [1.29, 1.82) is 0 Å². The summed E-state index contributed by atoms with van der Waals surface area (Å²) in [6.07, 6.45) is 3.71. The van der Waals surface area contributed by atoms with E-state index in [-0.39, 0.29) is 0 Å². The molecule has 0 aliphatic heterocycles. The molecule has 16 heavy (non-hydrogen) atoms. The number of nitrogens with zero attached hydrogens (tertiary/aromatic N) is 2. The number of nitrogens with one attached hydrogen (secondary N) is 1. The van der Waals surface area contributed by atoms with Crippen molar-refractivity contribution >= 4 is 17.5 Å².